The molecule has 1 saturated heterocycles. The predicted molar refractivity (Wildman–Crippen MR) is 85.7 cm³/mol. The van der Waals surface area contributed by atoms with Gasteiger partial charge in [0.05, 0.1) is 6.10 Å². The van der Waals surface area contributed by atoms with Gasteiger partial charge in [-0.25, -0.2) is 4.79 Å². The molecule has 5 heteroatoms. The van der Waals surface area contributed by atoms with E-state index in [0.717, 1.165) is 13.1 Å². The number of carbonyl (C=O) groups excluding carboxylic acids is 1. The van der Waals surface area contributed by atoms with E-state index in [0.29, 0.717) is 31.2 Å². The number of nitrogens with zero attached hydrogens (tertiary/aromatic N) is 1. The molecule has 2 atom stereocenters. The summed E-state index contributed by atoms with van der Waals surface area (Å²) >= 11 is 0. The van der Waals surface area contributed by atoms with Crippen molar-refractivity contribution in [1.29, 1.82) is 0 Å². The molecule has 2 amide bonds. The minimum Gasteiger partial charge on any atom is -0.393 e. The fraction of sp³-hybridized carbons (Fsp3) is 0.588. The van der Waals surface area contributed by atoms with Gasteiger partial charge in [0.1, 0.15) is 0 Å². The van der Waals surface area contributed by atoms with Crippen molar-refractivity contribution >= 4 is 6.03 Å². The first-order valence-electron chi connectivity index (χ1n) is 8.07. The number of nitrogens with one attached hydrogen (secondary N) is 2. The number of rotatable bonds is 4. The summed E-state index contributed by atoms with van der Waals surface area (Å²) in [4.78, 5) is 14.2. The minimum absolute atomic E-state index is 0.113. The monoisotopic (exact) mass is 303 g/mol. The second-order valence-corrected chi connectivity index (χ2v) is 6.67. The summed E-state index contributed by atoms with van der Waals surface area (Å²) in [6.45, 7) is 2.72. The lowest BCUT2D eigenvalue weighted by Crippen LogP contribution is -2.51. The molecule has 120 valence electrons. The highest BCUT2D eigenvalue weighted by molar-refractivity contribution is 5.74. The van der Waals surface area contributed by atoms with Crippen LogP contribution in [0.2, 0.25) is 0 Å². The van der Waals surface area contributed by atoms with Crippen molar-refractivity contribution in [1.82, 2.24) is 15.5 Å². The van der Waals surface area contributed by atoms with Crippen LogP contribution in [0.25, 0.3) is 0 Å². The Morgan fingerprint density at radius 2 is 2.00 bits per heavy atom. The quantitative estimate of drug-likeness (QED) is 0.782. The topological polar surface area (TPSA) is 64.6 Å². The standard InChI is InChI=1S/C17H25N3O2/c1-20-10-13(16(11-20)12-5-3-2-4-6-12)9-18-17(22)19-14-7-15(21)8-14/h2-6,13-16,21H,7-11H2,1H3,(H2,18,19,22)/t13-,14?,15?,16+/m1/s1. The van der Waals surface area contributed by atoms with E-state index in [9.17, 15) is 9.90 Å². The van der Waals surface area contributed by atoms with Gasteiger partial charge in [-0.3, -0.25) is 0 Å². The minimum atomic E-state index is -0.240. The Hall–Kier alpha value is -1.59. The third-order valence-electron chi connectivity index (χ3n) is 4.82. The van der Waals surface area contributed by atoms with Crippen molar-refractivity contribution in [2.45, 2.75) is 30.9 Å². The molecule has 0 aromatic heterocycles. The second kappa shape index (κ2) is 6.67. The van der Waals surface area contributed by atoms with Crippen LogP contribution in [0.15, 0.2) is 30.3 Å². The SMILES string of the molecule is CN1C[C@@H](CNC(=O)NC2CC(O)C2)[C@H](c2ccccc2)C1. The van der Waals surface area contributed by atoms with Crippen LogP contribution in [0, 0.1) is 5.92 Å². The molecule has 0 bridgehead atoms. The van der Waals surface area contributed by atoms with E-state index in [1.54, 1.807) is 0 Å². The zero-order valence-corrected chi connectivity index (χ0v) is 13.0. The molecule has 0 spiro atoms. The third-order valence-corrected chi connectivity index (χ3v) is 4.82. The van der Waals surface area contributed by atoms with Crippen molar-refractivity contribution in [3.8, 4) is 0 Å². The number of amides is 2. The molecular weight excluding hydrogens is 278 g/mol. The van der Waals surface area contributed by atoms with E-state index in [4.69, 9.17) is 0 Å². The lowest BCUT2D eigenvalue weighted by molar-refractivity contribution is 0.0662. The average Bonchev–Trinajstić information content (AvgIpc) is 2.85. The van der Waals surface area contributed by atoms with Gasteiger partial charge in [0.2, 0.25) is 0 Å². The zero-order valence-electron chi connectivity index (χ0n) is 13.0. The molecule has 1 aliphatic heterocycles. The van der Waals surface area contributed by atoms with Crippen LogP contribution < -0.4 is 10.6 Å². The van der Waals surface area contributed by atoms with Crippen LogP contribution in [0.3, 0.4) is 0 Å². The van der Waals surface area contributed by atoms with Gasteiger partial charge in [-0.15, -0.1) is 0 Å². The number of hydrogen-bond donors (Lipinski definition) is 3. The Kier molecular flexibility index (Phi) is 4.64. The maximum Gasteiger partial charge on any atom is 0.315 e. The van der Waals surface area contributed by atoms with Crippen molar-refractivity contribution < 1.29 is 9.90 Å². The maximum atomic E-state index is 11.9. The van der Waals surface area contributed by atoms with Gasteiger partial charge in [-0.1, -0.05) is 30.3 Å². The van der Waals surface area contributed by atoms with E-state index in [1.807, 2.05) is 6.07 Å². The Labute approximate surface area is 131 Å². The van der Waals surface area contributed by atoms with Crippen LogP contribution >= 0.6 is 0 Å². The van der Waals surface area contributed by atoms with Gasteiger partial charge in [0.25, 0.3) is 0 Å². The lowest BCUT2D eigenvalue weighted by Gasteiger charge is -2.32. The second-order valence-electron chi connectivity index (χ2n) is 6.67. The summed E-state index contributed by atoms with van der Waals surface area (Å²) in [7, 11) is 2.13. The fourth-order valence-corrected chi connectivity index (χ4v) is 3.54. The van der Waals surface area contributed by atoms with Crippen LogP contribution in [0.1, 0.15) is 24.3 Å². The van der Waals surface area contributed by atoms with Gasteiger partial charge < -0.3 is 20.6 Å². The first-order chi connectivity index (χ1) is 10.6. The Bertz CT molecular complexity index is 502. The molecule has 3 rings (SSSR count). The number of likely N-dealkylation sites (N-methyl/N-ethyl adjacent to an activating group) is 1. The molecule has 1 aromatic rings. The van der Waals surface area contributed by atoms with Crippen molar-refractivity contribution in [2.24, 2.45) is 5.92 Å². The summed E-state index contributed by atoms with van der Waals surface area (Å²) in [5.41, 5.74) is 1.35. The molecule has 22 heavy (non-hydrogen) atoms. The molecule has 3 N–H and O–H groups in total. The normalized spacial score (nSPS) is 31.5. The lowest BCUT2D eigenvalue weighted by atomic mass is 9.89. The molecule has 1 saturated carbocycles. The van der Waals surface area contributed by atoms with Crippen LogP contribution in [0.4, 0.5) is 4.79 Å². The van der Waals surface area contributed by atoms with Gasteiger partial charge in [-0.05, 0) is 31.4 Å². The summed E-state index contributed by atoms with van der Waals surface area (Å²) in [5, 5.41) is 15.2. The molecule has 5 nitrogen and oxygen atoms in total. The predicted octanol–water partition coefficient (Wildman–Crippen LogP) is 1.15. The summed E-state index contributed by atoms with van der Waals surface area (Å²) < 4.78 is 0. The molecule has 2 aliphatic rings. The number of aliphatic hydroxyl groups excluding tert-OH is 1. The van der Waals surface area contributed by atoms with Crippen LogP contribution in [-0.4, -0.2) is 54.9 Å². The van der Waals surface area contributed by atoms with E-state index < -0.39 is 0 Å². The molecule has 0 unspecified atom stereocenters. The van der Waals surface area contributed by atoms with Gasteiger partial charge in [-0.2, -0.15) is 0 Å². The molecule has 1 aliphatic carbocycles. The average molecular weight is 303 g/mol. The smallest absolute Gasteiger partial charge is 0.315 e. The summed E-state index contributed by atoms with van der Waals surface area (Å²) in [5.74, 6) is 0.905. The first-order valence-corrected chi connectivity index (χ1v) is 8.07. The van der Waals surface area contributed by atoms with Crippen molar-refractivity contribution in [2.75, 3.05) is 26.7 Å². The number of hydrogen-bond acceptors (Lipinski definition) is 3. The number of likely N-dealkylation sites (tertiary alicyclic amines) is 1. The van der Waals surface area contributed by atoms with Crippen molar-refractivity contribution in [3.63, 3.8) is 0 Å². The molecule has 1 heterocycles. The van der Waals surface area contributed by atoms with E-state index in [1.165, 1.54) is 5.56 Å². The van der Waals surface area contributed by atoms with E-state index in [2.05, 4.69) is 46.8 Å². The molecular formula is C17H25N3O2. The van der Waals surface area contributed by atoms with Gasteiger partial charge in [0, 0.05) is 31.6 Å². The number of carbonyl (C=O) groups is 1. The number of urea groups is 1. The van der Waals surface area contributed by atoms with Crippen LogP contribution in [-0.2, 0) is 0 Å². The fourth-order valence-electron chi connectivity index (χ4n) is 3.54. The Morgan fingerprint density at radius 1 is 1.27 bits per heavy atom. The summed E-state index contributed by atoms with van der Waals surface area (Å²) in [6, 6.07) is 10.6. The van der Waals surface area contributed by atoms with Crippen LogP contribution in [0.5, 0.6) is 0 Å². The summed E-state index contributed by atoms with van der Waals surface area (Å²) in [6.07, 6.45) is 1.11. The van der Waals surface area contributed by atoms with Gasteiger partial charge >= 0.3 is 6.03 Å². The zero-order chi connectivity index (χ0) is 15.5. The Morgan fingerprint density at radius 3 is 2.68 bits per heavy atom. The van der Waals surface area contributed by atoms with E-state index >= 15 is 0 Å². The molecule has 1 aromatic carbocycles. The highest BCUT2D eigenvalue weighted by Crippen LogP contribution is 2.31. The maximum absolute atomic E-state index is 11.9. The Balaban J connectivity index is 1.51. The van der Waals surface area contributed by atoms with Crippen molar-refractivity contribution in [3.05, 3.63) is 35.9 Å². The molecule has 0 radical (unpaired) electrons. The number of benzene rings is 1. The van der Waals surface area contributed by atoms with Gasteiger partial charge in [0.15, 0.2) is 0 Å². The molecule has 2 fully saturated rings. The largest absolute Gasteiger partial charge is 0.393 e. The highest BCUT2D eigenvalue weighted by atomic mass is 16.3. The number of aliphatic hydroxyl groups is 1. The van der Waals surface area contributed by atoms with E-state index in [-0.39, 0.29) is 18.2 Å². The highest BCUT2D eigenvalue weighted by Gasteiger charge is 2.33. The first kappa shape index (κ1) is 15.3. The third kappa shape index (κ3) is 3.59.